The van der Waals surface area contributed by atoms with Crippen LogP contribution in [0.1, 0.15) is 27.9 Å². The number of nitriles is 2. The highest BCUT2D eigenvalue weighted by molar-refractivity contribution is 9.10. The fourth-order valence-corrected chi connectivity index (χ4v) is 3.78. The summed E-state index contributed by atoms with van der Waals surface area (Å²) >= 11 is 3.51. The van der Waals surface area contributed by atoms with Crippen molar-refractivity contribution in [1.29, 1.82) is 10.5 Å². The van der Waals surface area contributed by atoms with Gasteiger partial charge in [0.05, 0.1) is 46.2 Å². The molecule has 0 aliphatic heterocycles. The standard InChI is InChI=1S/C25H22BrN5O3/c1-30-25(32)18-12-20(29)21(31-17-7-5-15(14-28)6-8-17)13-22(18)34-24-19(26)10-16(4-3-9-27)11-23(24)33-2/h5-8,10-13,31H,3-4,29H2,1-2H3,(H,30,32). The molecule has 4 N–H and O–H groups in total. The number of rotatable bonds is 8. The lowest BCUT2D eigenvalue weighted by Crippen LogP contribution is -2.19. The van der Waals surface area contributed by atoms with E-state index in [9.17, 15) is 4.79 Å². The summed E-state index contributed by atoms with van der Waals surface area (Å²) in [7, 11) is 3.04. The molecule has 0 aliphatic rings. The van der Waals surface area contributed by atoms with Gasteiger partial charge in [-0.2, -0.15) is 10.5 Å². The van der Waals surface area contributed by atoms with Crippen molar-refractivity contribution < 1.29 is 14.3 Å². The number of carbonyl (C=O) groups excluding carboxylic acids is 1. The van der Waals surface area contributed by atoms with Crippen LogP contribution in [0, 0.1) is 22.7 Å². The molecule has 0 aromatic heterocycles. The van der Waals surface area contributed by atoms with E-state index in [2.05, 4.69) is 38.7 Å². The Morgan fingerprint density at radius 1 is 1.12 bits per heavy atom. The summed E-state index contributed by atoms with van der Waals surface area (Å²) in [5, 5.41) is 23.7. The van der Waals surface area contributed by atoms with Gasteiger partial charge in [-0.15, -0.1) is 0 Å². The molecule has 0 unspecified atom stereocenters. The number of ether oxygens (including phenoxy) is 2. The quantitative estimate of drug-likeness (QED) is 0.345. The SMILES string of the molecule is CNC(=O)c1cc(N)c(Nc2ccc(C#N)cc2)cc1Oc1c(Br)cc(CCC#N)cc1OC. The Hall–Kier alpha value is -4.21. The predicted molar refractivity (Wildman–Crippen MR) is 133 cm³/mol. The molecule has 0 saturated carbocycles. The molecule has 34 heavy (non-hydrogen) atoms. The molecule has 0 spiro atoms. The molecule has 3 aromatic carbocycles. The normalized spacial score (nSPS) is 10.0. The van der Waals surface area contributed by atoms with E-state index in [1.165, 1.54) is 20.2 Å². The summed E-state index contributed by atoms with van der Waals surface area (Å²) in [5.74, 6) is 0.715. The Labute approximate surface area is 206 Å². The number of benzene rings is 3. The number of hydrogen-bond acceptors (Lipinski definition) is 7. The number of nitrogens with zero attached hydrogens (tertiary/aromatic N) is 2. The van der Waals surface area contributed by atoms with Gasteiger partial charge >= 0.3 is 0 Å². The molecule has 0 radical (unpaired) electrons. The molecule has 9 heteroatoms. The maximum absolute atomic E-state index is 12.6. The zero-order valence-corrected chi connectivity index (χ0v) is 20.2. The van der Waals surface area contributed by atoms with Gasteiger partial charge in [0.15, 0.2) is 11.5 Å². The third kappa shape index (κ3) is 5.58. The number of amides is 1. The molecule has 0 fully saturated rings. The second kappa shape index (κ2) is 11.1. The summed E-state index contributed by atoms with van der Waals surface area (Å²) in [5.41, 5.74) is 9.48. The minimum Gasteiger partial charge on any atom is -0.493 e. The van der Waals surface area contributed by atoms with Crippen molar-refractivity contribution >= 4 is 38.9 Å². The van der Waals surface area contributed by atoms with Crippen molar-refractivity contribution in [2.24, 2.45) is 0 Å². The zero-order chi connectivity index (χ0) is 24.7. The van der Waals surface area contributed by atoms with Crippen molar-refractivity contribution in [2.45, 2.75) is 12.8 Å². The molecule has 3 rings (SSSR count). The number of carbonyl (C=O) groups is 1. The number of halogens is 1. The van der Waals surface area contributed by atoms with Crippen LogP contribution < -0.4 is 25.8 Å². The van der Waals surface area contributed by atoms with Crippen LogP contribution in [0.25, 0.3) is 0 Å². The molecule has 3 aromatic rings. The van der Waals surface area contributed by atoms with Gasteiger partial charge in [0, 0.05) is 25.2 Å². The first-order chi connectivity index (χ1) is 16.4. The van der Waals surface area contributed by atoms with Gasteiger partial charge in [-0.1, -0.05) is 0 Å². The van der Waals surface area contributed by atoms with Crippen molar-refractivity contribution in [2.75, 3.05) is 25.2 Å². The monoisotopic (exact) mass is 519 g/mol. The van der Waals surface area contributed by atoms with Crippen molar-refractivity contribution in [1.82, 2.24) is 5.32 Å². The molecule has 8 nitrogen and oxygen atoms in total. The van der Waals surface area contributed by atoms with E-state index in [0.29, 0.717) is 51.4 Å². The van der Waals surface area contributed by atoms with Crippen LogP contribution in [0.3, 0.4) is 0 Å². The first kappa shape index (κ1) is 24.4. The molecular weight excluding hydrogens is 498 g/mol. The summed E-state index contributed by atoms with van der Waals surface area (Å²) in [6.45, 7) is 0. The zero-order valence-electron chi connectivity index (χ0n) is 18.6. The Kier molecular flexibility index (Phi) is 7.96. The average Bonchev–Trinajstić information content (AvgIpc) is 2.85. The number of hydrogen-bond donors (Lipinski definition) is 3. The molecule has 0 saturated heterocycles. The summed E-state index contributed by atoms with van der Waals surface area (Å²) in [6, 6.07) is 17.9. The van der Waals surface area contributed by atoms with Crippen LogP contribution >= 0.6 is 15.9 Å². The van der Waals surface area contributed by atoms with Crippen LogP contribution in [0.2, 0.25) is 0 Å². The Balaban J connectivity index is 2.03. The number of aryl methyl sites for hydroxylation is 1. The highest BCUT2D eigenvalue weighted by Crippen LogP contribution is 2.42. The van der Waals surface area contributed by atoms with Gasteiger partial charge in [0.25, 0.3) is 5.91 Å². The first-order valence-electron chi connectivity index (χ1n) is 10.2. The third-order valence-electron chi connectivity index (χ3n) is 4.94. The molecule has 0 aliphatic carbocycles. The number of methoxy groups -OCH3 is 1. The Morgan fingerprint density at radius 3 is 2.47 bits per heavy atom. The second-order valence-electron chi connectivity index (χ2n) is 7.20. The lowest BCUT2D eigenvalue weighted by molar-refractivity contribution is 0.0960. The van der Waals surface area contributed by atoms with Crippen molar-refractivity contribution in [3.63, 3.8) is 0 Å². The maximum Gasteiger partial charge on any atom is 0.254 e. The number of nitrogens with one attached hydrogen (secondary N) is 2. The maximum atomic E-state index is 12.6. The van der Waals surface area contributed by atoms with E-state index in [0.717, 1.165) is 5.56 Å². The van der Waals surface area contributed by atoms with Crippen LogP contribution in [-0.4, -0.2) is 20.1 Å². The summed E-state index contributed by atoms with van der Waals surface area (Å²) < 4.78 is 12.3. The smallest absolute Gasteiger partial charge is 0.254 e. The summed E-state index contributed by atoms with van der Waals surface area (Å²) in [6.07, 6.45) is 0.939. The van der Waals surface area contributed by atoms with E-state index in [1.807, 2.05) is 6.07 Å². The average molecular weight is 520 g/mol. The minimum atomic E-state index is -0.368. The van der Waals surface area contributed by atoms with Crippen LogP contribution in [-0.2, 0) is 6.42 Å². The summed E-state index contributed by atoms with van der Waals surface area (Å²) in [4.78, 5) is 12.6. The molecule has 0 heterocycles. The fraction of sp³-hybridized carbons (Fsp3) is 0.160. The van der Waals surface area contributed by atoms with E-state index in [1.54, 1.807) is 36.4 Å². The highest BCUT2D eigenvalue weighted by Gasteiger charge is 2.20. The van der Waals surface area contributed by atoms with Gasteiger partial charge in [-0.3, -0.25) is 4.79 Å². The lowest BCUT2D eigenvalue weighted by Gasteiger charge is -2.18. The molecule has 172 valence electrons. The minimum absolute atomic E-state index is 0.243. The highest BCUT2D eigenvalue weighted by atomic mass is 79.9. The van der Waals surface area contributed by atoms with Gasteiger partial charge in [0.2, 0.25) is 0 Å². The third-order valence-corrected chi connectivity index (χ3v) is 5.53. The molecular formula is C25H22BrN5O3. The van der Waals surface area contributed by atoms with E-state index in [4.69, 9.17) is 25.7 Å². The lowest BCUT2D eigenvalue weighted by atomic mass is 10.1. The molecule has 1 amide bonds. The van der Waals surface area contributed by atoms with Crippen molar-refractivity contribution in [3.8, 4) is 29.4 Å². The number of nitrogens with two attached hydrogens (primary N) is 1. The van der Waals surface area contributed by atoms with Crippen LogP contribution in [0.5, 0.6) is 17.2 Å². The van der Waals surface area contributed by atoms with E-state index >= 15 is 0 Å². The molecule has 0 bridgehead atoms. The van der Waals surface area contributed by atoms with Gasteiger partial charge in [-0.05, 0) is 70.4 Å². The van der Waals surface area contributed by atoms with E-state index < -0.39 is 0 Å². The van der Waals surface area contributed by atoms with Crippen LogP contribution in [0.15, 0.2) is 53.0 Å². The van der Waals surface area contributed by atoms with Gasteiger partial charge < -0.3 is 25.8 Å². The Morgan fingerprint density at radius 2 is 1.85 bits per heavy atom. The van der Waals surface area contributed by atoms with Crippen molar-refractivity contribution in [3.05, 3.63) is 69.7 Å². The topological polar surface area (TPSA) is 133 Å². The van der Waals surface area contributed by atoms with Gasteiger partial charge in [-0.25, -0.2) is 0 Å². The predicted octanol–water partition coefficient (Wildman–Crippen LogP) is 5.26. The largest absolute Gasteiger partial charge is 0.493 e. The van der Waals surface area contributed by atoms with Gasteiger partial charge in [0.1, 0.15) is 5.75 Å². The first-order valence-corrected chi connectivity index (χ1v) is 11.0. The number of anilines is 3. The van der Waals surface area contributed by atoms with Crippen LogP contribution in [0.4, 0.5) is 17.1 Å². The fourth-order valence-electron chi connectivity index (χ4n) is 3.21. The second-order valence-corrected chi connectivity index (χ2v) is 8.05. The Bertz CT molecular complexity index is 1290. The van der Waals surface area contributed by atoms with E-state index in [-0.39, 0.29) is 17.2 Å². The molecule has 0 atom stereocenters. The number of nitrogen functional groups attached to an aromatic ring is 1.